The molecule has 1 aromatic carbocycles. The number of anilines is 1. The average Bonchev–Trinajstić information content (AvgIpc) is 2.76. The van der Waals surface area contributed by atoms with E-state index in [2.05, 4.69) is 34.2 Å². The van der Waals surface area contributed by atoms with Gasteiger partial charge in [0.15, 0.2) is 0 Å². The van der Waals surface area contributed by atoms with Crippen LogP contribution >= 0.6 is 0 Å². The maximum absolute atomic E-state index is 4.01. The number of hydrogen-bond donors (Lipinski definition) is 2. The van der Waals surface area contributed by atoms with Gasteiger partial charge in [-0.3, -0.25) is 5.10 Å². The first kappa shape index (κ1) is 10.5. The Balaban J connectivity index is 2.05. The normalized spacial score (nSPS) is 10.1. The first-order valence-corrected chi connectivity index (χ1v) is 5.24. The van der Waals surface area contributed by atoms with Gasteiger partial charge < -0.3 is 5.32 Å². The van der Waals surface area contributed by atoms with E-state index in [1.165, 1.54) is 5.56 Å². The Labute approximate surface area is 95.2 Å². The van der Waals surface area contributed by atoms with Crippen LogP contribution in [0.3, 0.4) is 0 Å². The monoisotopic (exact) mass is 213 g/mol. The molecule has 1 heterocycles. The third kappa shape index (κ3) is 2.31. The van der Waals surface area contributed by atoms with Crippen molar-refractivity contribution in [1.29, 1.82) is 0 Å². The zero-order valence-electron chi connectivity index (χ0n) is 9.33. The van der Waals surface area contributed by atoms with E-state index in [4.69, 9.17) is 0 Å². The predicted molar refractivity (Wildman–Crippen MR) is 67.1 cm³/mol. The molecule has 0 unspecified atom stereocenters. The molecule has 16 heavy (non-hydrogen) atoms. The molecule has 2 N–H and O–H groups in total. The lowest BCUT2D eigenvalue weighted by Crippen LogP contribution is -2.00. The predicted octanol–water partition coefficient (Wildman–Crippen LogP) is 3.05. The molecule has 2 aromatic rings. The van der Waals surface area contributed by atoms with E-state index in [0.29, 0.717) is 0 Å². The number of hydrogen-bond acceptors (Lipinski definition) is 2. The molecule has 0 amide bonds. The van der Waals surface area contributed by atoms with Gasteiger partial charge in [-0.25, -0.2) is 0 Å². The number of nitrogens with zero attached hydrogens (tertiary/aromatic N) is 1. The second kappa shape index (κ2) is 4.66. The summed E-state index contributed by atoms with van der Waals surface area (Å²) < 4.78 is 0. The lowest BCUT2D eigenvalue weighted by molar-refractivity contribution is 1.07. The van der Waals surface area contributed by atoms with Gasteiger partial charge in [-0.2, -0.15) is 5.10 Å². The van der Waals surface area contributed by atoms with Crippen LogP contribution in [0.2, 0.25) is 0 Å². The van der Waals surface area contributed by atoms with Crippen molar-refractivity contribution in [2.45, 2.75) is 13.5 Å². The highest BCUT2D eigenvalue weighted by Crippen LogP contribution is 2.19. The summed E-state index contributed by atoms with van der Waals surface area (Å²) in [6, 6.07) is 10.3. The summed E-state index contributed by atoms with van der Waals surface area (Å²) in [5.41, 5.74) is 4.19. The van der Waals surface area contributed by atoms with Gasteiger partial charge in [0.25, 0.3) is 0 Å². The molecule has 1 aromatic heterocycles. The Hall–Kier alpha value is -2.03. The van der Waals surface area contributed by atoms with E-state index in [1.54, 1.807) is 6.20 Å². The molecule has 82 valence electrons. The Kier molecular flexibility index (Phi) is 3.05. The van der Waals surface area contributed by atoms with Crippen LogP contribution in [0, 0.1) is 0 Å². The molecule has 0 bridgehead atoms. The number of nitrogens with one attached hydrogen (secondary N) is 2. The smallest absolute Gasteiger partial charge is 0.0833 e. The zero-order chi connectivity index (χ0) is 11.4. The minimum Gasteiger partial charge on any atom is -0.378 e. The van der Waals surface area contributed by atoms with Gasteiger partial charge in [0.05, 0.1) is 17.6 Å². The van der Waals surface area contributed by atoms with Gasteiger partial charge in [-0.1, -0.05) is 36.9 Å². The minimum atomic E-state index is 0.792. The van der Waals surface area contributed by atoms with Gasteiger partial charge in [-0.05, 0) is 18.1 Å². The lowest BCUT2D eigenvalue weighted by atomic mass is 10.2. The van der Waals surface area contributed by atoms with Gasteiger partial charge >= 0.3 is 0 Å². The summed E-state index contributed by atoms with van der Waals surface area (Å²) in [5, 5.41) is 10.3. The molecule has 0 atom stereocenters. The van der Waals surface area contributed by atoms with Crippen LogP contribution in [0.4, 0.5) is 5.69 Å². The molecule has 0 saturated carbocycles. The van der Waals surface area contributed by atoms with E-state index >= 15 is 0 Å². The summed E-state index contributed by atoms with van der Waals surface area (Å²) in [6.45, 7) is 6.65. The molecular formula is C13H15N3. The highest BCUT2D eigenvalue weighted by Gasteiger charge is 2.04. The number of H-pyrrole nitrogens is 1. The zero-order valence-corrected chi connectivity index (χ0v) is 9.33. The molecule has 0 radical (unpaired) electrons. The molecule has 0 fully saturated rings. The average molecular weight is 213 g/mol. The summed E-state index contributed by atoms with van der Waals surface area (Å²) in [5.74, 6) is 0. The fourth-order valence-corrected chi connectivity index (χ4v) is 1.54. The molecule has 0 aliphatic carbocycles. The molecular weight excluding hydrogens is 198 g/mol. The summed E-state index contributed by atoms with van der Waals surface area (Å²) >= 11 is 0. The van der Waals surface area contributed by atoms with Crippen molar-refractivity contribution in [3.63, 3.8) is 0 Å². The number of benzene rings is 1. The number of allylic oxidation sites excluding steroid dienone is 1. The summed E-state index contributed by atoms with van der Waals surface area (Å²) in [4.78, 5) is 0. The van der Waals surface area contributed by atoms with E-state index in [1.807, 2.05) is 25.1 Å². The van der Waals surface area contributed by atoms with Gasteiger partial charge in [0, 0.05) is 6.54 Å². The van der Waals surface area contributed by atoms with Crippen LogP contribution in [0.5, 0.6) is 0 Å². The second-order valence-corrected chi connectivity index (χ2v) is 3.78. The van der Waals surface area contributed by atoms with Crippen molar-refractivity contribution in [2.75, 3.05) is 5.32 Å². The largest absolute Gasteiger partial charge is 0.378 e. The second-order valence-electron chi connectivity index (χ2n) is 3.78. The van der Waals surface area contributed by atoms with Crippen molar-refractivity contribution in [3.05, 3.63) is 54.4 Å². The van der Waals surface area contributed by atoms with Gasteiger partial charge in [0.2, 0.25) is 0 Å². The number of rotatable bonds is 4. The fourth-order valence-electron chi connectivity index (χ4n) is 1.54. The Morgan fingerprint density at radius 1 is 1.38 bits per heavy atom. The van der Waals surface area contributed by atoms with Crippen LogP contribution in [0.25, 0.3) is 5.57 Å². The van der Waals surface area contributed by atoms with Crippen LogP contribution in [0.1, 0.15) is 18.2 Å². The van der Waals surface area contributed by atoms with Crippen molar-refractivity contribution in [2.24, 2.45) is 0 Å². The quantitative estimate of drug-likeness (QED) is 0.819. The standard InChI is InChI=1S/C13H15N3/c1-10(2)13-12(9-15-16-13)14-8-11-6-4-3-5-7-11/h3-7,9,14H,1,8H2,2H3,(H,15,16). The van der Waals surface area contributed by atoms with Crippen molar-refractivity contribution in [3.8, 4) is 0 Å². The number of aromatic nitrogens is 2. The fraction of sp³-hybridized carbons (Fsp3) is 0.154. The molecule has 3 heteroatoms. The van der Waals surface area contributed by atoms with E-state index in [-0.39, 0.29) is 0 Å². The van der Waals surface area contributed by atoms with Crippen LogP contribution < -0.4 is 5.32 Å². The Morgan fingerprint density at radius 2 is 2.12 bits per heavy atom. The van der Waals surface area contributed by atoms with E-state index in [0.717, 1.165) is 23.5 Å². The Bertz CT molecular complexity index is 471. The first-order chi connectivity index (χ1) is 7.77. The minimum absolute atomic E-state index is 0.792. The molecule has 0 spiro atoms. The van der Waals surface area contributed by atoms with Crippen molar-refractivity contribution in [1.82, 2.24) is 10.2 Å². The number of aromatic amines is 1. The van der Waals surface area contributed by atoms with Crippen molar-refractivity contribution >= 4 is 11.3 Å². The maximum atomic E-state index is 4.01. The maximum Gasteiger partial charge on any atom is 0.0833 e. The van der Waals surface area contributed by atoms with Gasteiger partial charge in [-0.15, -0.1) is 0 Å². The molecule has 0 aliphatic rings. The van der Waals surface area contributed by atoms with Crippen LogP contribution in [0.15, 0.2) is 43.1 Å². The molecule has 0 aliphatic heterocycles. The van der Waals surface area contributed by atoms with Crippen LogP contribution in [-0.2, 0) is 6.54 Å². The SMILES string of the molecule is C=C(C)c1[nH]ncc1NCc1ccccc1. The summed E-state index contributed by atoms with van der Waals surface area (Å²) in [7, 11) is 0. The lowest BCUT2D eigenvalue weighted by Gasteiger charge is -2.06. The third-order valence-corrected chi connectivity index (χ3v) is 2.39. The highest BCUT2D eigenvalue weighted by atomic mass is 15.1. The highest BCUT2D eigenvalue weighted by molar-refractivity contribution is 5.70. The Morgan fingerprint density at radius 3 is 2.81 bits per heavy atom. The van der Waals surface area contributed by atoms with E-state index < -0.39 is 0 Å². The van der Waals surface area contributed by atoms with Crippen molar-refractivity contribution < 1.29 is 0 Å². The third-order valence-electron chi connectivity index (χ3n) is 2.39. The molecule has 0 saturated heterocycles. The molecule has 3 nitrogen and oxygen atoms in total. The van der Waals surface area contributed by atoms with E-state index in [9.17, 15) is 0 Å². The first-order valence-electron chi connectivity index (χ1n) is 5.24. The van der Waals surface area contributed by atoms with Crippen LogP contribution in [-0.4, -0.2) is 10.2 Å². The van der Waals surface area contributed by atoms with Gasteiger partial charge in [0.1, 0.15) is 0 Å². The molecule has 2 rings (SSSR count). The topological polar surface area (TPSA) is 40.7 Å². The summed E-state index contributed by atoms with van der Waals surface area (Å²) in [6.07, 6.45) is 1.78.